The van der Waals surface area contributed by atoms with E-state index in [1.165, 1.54) is 13.8 Å². The van der Waals surface area contributed by atoms with Crippen LogP contribution < -0.4 is 0 Å². The lowest BCUT2D eigenvalue weighted by molar-refractivity contribution is -0.0940. The van der Waals surface area contributed by atoms with Crippen molar-refractivity contribution in [2.75, 3.05) is 6.66 Å². The van der Waals surface area contributed by atoms with Gasteiger partial charge in [-0.05, 0) is 27.7 Å². The molecule has 1 unspecified atom stereocenters. The molecule has 0 radical (unpaired) electrons. The van der Waals surface area contributed by atoms with Crippen LogP contribution in [0.4, 0.5) is 0 Å². The second-order valence-corrected chi connectivity index (χ2v) is 5.75. The molecule has 5 heteroatoms. The summed E-state index contributed by atoms with van der Waals surface area (Å²) < 4.78 is 15.7. The van der Waals surface area contributed by atoms with Gasteiger partial charge >= 0.3 is 7.60 Å². The highest BCUT2D eigenvalue weighted by molar-refractivity contribution is 7.51. The maximum atomic E-state index is 10.9. The van der Waals surface area contributed by atoms with Gasteiger partial charge < -0.3 is 10.00 Å². The Morgan fingerprint density at radius 3 is 1.67 bits per heavy atom. The molecular formula is C7H17O4P. The minimum Gasteiger partial charge on any atom is -0.387 e. The van der Waals surface area contributed by atoms with Gasteiger partial charge in [0, 0.05) is 6.66 Å². The fourth-order valence-electron chi connectivity index (χ4n) is 0.535. The van der Waals surface area contributed by atoms with Gasteiger partial charge in [0.1, 0.15) is 5.60 Å². The van der Waals surface area contributed by atoms with E-state index in [1.807, 2.05) is 0 Å². The van der Waals surface area contributed by atoms with E-state index in [9.17, 15) is 9.67 Å². The van der Waals surface area contributed by atoms with E-state index >= 15 is 0 Å². The van der Waals surface area contributed by atoms with Crippen molar-refractivity contribution in [2.24, 2.45) is 0 Å². The number of aliphatic hydroxyl groups is 1. The van der Waals surface area contributed by atoms with Crippen molar-refractivity contribution in [2.45, 2.75) is 38.9 Å². The first kappa shape index (κ1) is 12.1. The van der Waals surface area contributed by atoms with E-state index < -0.39 is 18.8 Å². The van der Waals surface area contributed by atoms with Crippen molar-refractivity contribution >= 4 is 7.60 Å². The summed E-state index contributed by atoms with van der Waals surface area (Å²) in [5, 5.41) is 9.55. The Morgan fingerprint density at radius 1 is 1.25 bits per heavy atom. The highest BCUT2D eigenvalue weighted by Crippen LogP contribution is 2.45. The molecule has 4 nitrogen and oxygen atoms in total. The van der Waals surface area contributed by atoms with Gasteiger partial charge in [-0.2, -0.15) is 0 Å². The van der Waals surface area contributed by atoms with E-state index in [-0.39, 0.29) is 0 Å². The molecule has 0 amide bonds. The van der Waals surface area contributed by atoms with Crippen LogP contribution in [0.5, 0.6) is 0 Å². The molecule has 0 saturated heterocycles. The minimum atomic E-state index is -3.54. The monoisotopic (exact) mass is 196 g/mol. The number of rotatable bonds is 3. The average molecular weight is 196 g/mol. The third-order valence-corrected chi connectivity index (χ3v) is 2.67. The Bertz CT molecular complexity index is 198. The smallest absolute Gasteiger partial charge is 0.325 e. The molecule has 12 heavy (non-hydrogen) atoms. The molecule has 0 fully saturated rings. The average Bonchev–Trinajstić information content (AvgIpc) is 1.52. The van der Waals surface area contributed by atoms with Gasteiger partial charge in [-0.15, -0.1) is 0 Å². The highest BCUT2D eigenvalue weighted by atomic mass is 31.2. The minimum absolute atomic E-state index is 1.04. The zero-order valence-corrected chi connectivity index (χ0v) is 9.05. The molecule has 0 bridgehead atoms. The summed E-state index contributed by atoms with van der Waals surface area (Å²) in [6.45, 7) is 7.30. The van der Waals surface area contributed by atoms with Crippen LogP contribution in [0.2, 0.25) is 0 Å². The second-order valence-electron chi connectivity index (χ2n) is 3.96. The van der Waals surface area contributed by atoms with Gasteiger partial charge in [0.15, 0.2) is 0 Å². The quantitative estimate of drug-likeness (QED) is 0.669. The summed E-state index contributed by atoms with van der Waals surface area (Å²) in [5.41, 5.74) is -2.19. The van der Waals surface area contributed by atoms with Crippen LogP contribution in [0.3, 0.4) is 0 Å². The van der Waals surface area contributed by atoms with Crippen LogP contribution in [0.1, 0.15) is 27.7 Å². The third kappa shape index (κ3) is 3.68. The fourth-order valence-corrected chi connectivity index (χ4v) is 1.61. The summed E-state index contributed by atoms with van der Waals surface area (Å²) in [5.74, 6) is 0. The Labute approximate surface area is 73.1 Å². The maximum Gasteiger partial charge on any atom is 0.325 e. The van der Waals surface area contributed by atoms with Crippen molar-refractivity contribution in [3.63, 3.8) is 0 Å². The zero-order valence-electron chi connectivity index (χ0n) is 8.16. The molecule has 0 saturated carbocycles. The Morgan fingerprint density at radius 2 is 1.58 bits per heavy atom. The van der Waals surface area contributed by atoms with Gasteiger partial charge in [-0.25, -0.2) is 0 Å². The Hall–Kier alpha value is 0.110. The molecule has 0 aliphatic rings. The first-order chi connectivity index (χ1) is 4.96. The summed E-state index contributed by atoms with van der Waals surface area (Å²) >= 11 is 0. The van der Waals surface area contributed by atoms with Crippen molar-refractivity contribution in [3.8, 4) is 0 Å². The lowest BCUT2D eigenvalue weighted by Crippen LogP contribution is -2.46. The summed E-state index contributed by atoms with van der Waals surface area (Å²) in [6, 6.07) is 0. The first-order valence-corrected chi connectivity index (χ1v) is 5.71. The number of hydrogen-bond donors (Lipinski definition) is 2. The molecule has 0 aromatic carbocycles. The molecule has 74 valence electrons. The van der Waals surface area contributed by atoms with Crippen LogP contribution in [0.15, 0.2) is 0 Å². The SMILES string of the molecule is CC(C)(O)C(C)(C)OP(C)(=O)O. The zero-order chi connectivity index (χ0) is 10.2. The molecule has 0 aromatic heterocycles. The van der Waals surface area contributed by atoms with Crippen LogP contribution in [0.25, 0.3) is 0 Å². The molecule has 0 aromatic rings. The lowest BCUT2D eigenvalue weighted by atomic mass is 9.90. The Kier molecular flexibility index (Phi) is 3.14. The summed E-state index contributed by atoms with van der Waals surface area (Å²) in [4.78, 5) is 8.94. The van der Waals surface area contributed by atoms with Gasteiger partial charge in [-0.3, -0.25) is 9.09 Å². The van der Waals surface area contributed by atoms with Crippen molar-refractivity contribution in [3.05, 3.63) is 0 Å². The van der Waals surface area contributed by atoms with E-state index in [0.717, 1.165) is 6.66 Å². The maximum absolute atomic E-state index is 10.9. The molecule has 0 spiro atoms. The van der Waals surface area contributed by atoms with Crippen LogP contribution >= 0.6 is 7.60 Å². The second kappa shape index (κ2) is 3.11. The first-order valence-electron chi connectivity index (χ1n) is 3.69. The normalized spacial score (nSPS) is 18.9. The summed E-state index contributed by atoms with van der Waals surface area (Å²) in [6.07, 6.45) is 0. The fraction of sp³-hybridized carbons (Fsp3) is 1.00. The highest BCUT2D eigenvalue weighted by Gasteiger charge is 2.40. The largest absolute Gasteiger partial charge is 0.387 e. The van der Waals surface area contributed by atoms with Crippen LogP contribution in [0, 0.1) is 0 Å². The van der Waals surface area contributed by atoms with Crippen LogP contribution in [-0.2, 0) is 9.09 Å². The van der Waals surface area contributed by atoms with E-state index in [2.05, 4.69) is 0 Å². The van der Waals surface area contributed by atoms with Crippen LogP contribution in [-0.4, -0.2) is 27.9 Å². The predicted octanol–water partition coefficient (Wildman–Crippen LogP) is 1.37. The molecule has 1 atom stereocenters. The molecular weight excluding hydrogens is 179 g/mol. The molecule has 0 heterocycles. The van der Waals surface area contributed by atoms with Gasteiger partial charge in [0.25, 0.3) is 0 Å². The van der Waals surface area contributed by atoms with Gasteiger partial charge in [0.05, 0.1) is 5.60 Å². The molecule has 0 rings (SSSR count). The van der Waals surface area contributed by atoms with Crippen molar-refractivity contribution < 1.29 is 19.1 Å². The standard InChI is InChI=1S/C7H17O4P/c1-6(2,8)7(3,4)11-12(5,9)10/h8H,1-5H3,(H,9,10). The van der Waals surface area contributed by atoms with Crippen molar-refractivity contribution in [1.29, 1.82) is 0 Å². The molecule has 0 aliphatic heterocycles. The Balaban J connectivity index is 4.56. The third-order valence-electron chi connectivity index (χ3n) is 1.87. The summed E-state index contributed by atoms with van der Waals surface area (Å²) in [7, 11) is -3.54. The molecule has 2 N–H and O–H groups in total. The van der Waals surface area contributed by atoms with Crippen molar-refractivity contribution in [1.82, 2.24) is 0 Å². The number of hydrogen-bond acceptors (Lipinski definition) is 3. The van der Waals surface area contributed by atoms with Gasteiger partial charge in [0.2, 0.25) is 0 Å². The van der Waals surface area contributed by atoms with Gasteiger partial charge in [-0.1, -0.05) is 0 Å². The molecule has 0 aliphatic carbocycles. The van der Waals surface area contributed by atoms with E-state index in [4.69, 9.17) is 9.42 Å². The predicted molar refractivity (Wildman–Crippen MR) is 47.2 cm³/mol. The topological polar surface area (TPSA) is 66.8 Å². The van der Waals surface area contributed by atoms with E-state index in [0.29, 0.717) is 0 Å². The van der Waals surface area contributed by atoms with E-state index in [1.54, 1.807) is 13.8 Å². The lowest BCUT2D eigenvalue weighted by Gasteiger charge is -2.37.